The Hall–Kier alpha value is -2.24. The summed E-state index contributed by atoms with van der Waals surface area (Å²) < 4.78 is 39.5. The Balaban J connectivity index is 2.49. The molecule has 3 nitrogen and oxygen atoms in total. The summed E-state index contributed by atoms with van der Waals surface area (Å²) >= 11 is 0. The highest BCUT2D eigenvalue weighted by atomic mass is 19.4. The number of aromatic nitrogens is 1. The highest BCUT2D eigenvalue weighted by molar-refractivity contribution is 5.88. The van der Waals surface area contributed by atoms with Crippen molar-refractivity contribution in [3.63, 3.8) is 0 Å². The SMILES string of the molecule is CCn1cc(-c2cccc(C(F)(F)F)c2)cc1C(=O)O. The summed E-state index contributed by atoms with van der Waals surface area (Å²) in [7, 11) is 0. The first-order valence-corrected chi connectivity index (χ1v) is 5.94. The van der Waals surface area contributed by atoms with Crippen LogP contribution in [0.2, 0.25) is 0 Å². The molecule has 0 saturated heterocycles. The molecule has 0 amide bonds. The van der Waals surface area contributed by atoms with E-state index in [-0.39, 0.29) is 5.69 Å². The van der Waals surface area contributed by atoms with E-state index in [1.54, 1.807) is 13.1 Å². The summed E-state index contributed by atoms with van der Waals surface area (Å²) in [5.41, 5.74) is 0.0981. The number of aromatic carboxylic acids is 1. The van der Waals surface area contributed by atoms with Gasteiger partial charge in [0.1, 0.15) is 5.69 Å². The fourth-order valence-corrected chi connectivity index (χ4v) is 1.98. The molecule has 0 saturated carbocycles. The lowest BCUT2D eigenvalue weighted by Gasteiger charge is -2.07. The molecule has 20 heavy (non-hydrogen) atoms. The number of nitrogens with zero attached hydrogens (tertiary/aromatic N) is 1. The average molecular weight is 283 g/mol. The van der Waals surface area contributed by atoms with Gasteiger partial charge in [0.25, 0.3) is 0 Å². The lowest BCUT2D eigenvalue weighted by Crippen LogP contribution is -2.05. The van der Waals surface area contributed by atoms with Crippen molar-refractivity contribution in [2.45, 2.75) is 19.6 Å². The second kappa shape index (κ2) is 5.03. The van der Waals surface area contributed by atoms with Gasteiger partial charge in [0.15, 0.2) is 0 Å². The van der Waals surface area contributed by atoms with E-state index in [0.717, 1.165) is 12.1 Å². The third-order valence-electron chi connectivity index (χ3n) is 2.98. The van der Waals surface area contributed by atoms with E-state index >= 15 is 0 Å². The first kappa shape index (κ1) is 14.2. The molecule has 0 fully saturated rings. The van der Waals surface area contributed by atoms with Gasteiger partial charge in [-0.3, -0.25) is 0 Å². The van der Waals surface area contributed by atoms with Crippen LogP contribution in [0.25, 0.3) is 11.1 Å². The van der Waals surface area contributed by atoms with Crippen LogP contribution in [0.3, 0.4) is 0 Å². The van der Waals surface area contributed by atoms with Crippen molar-refractivity contribution in [3.05, 3.63) is 47.8 Å². The van der Waals surface area contributed by atoms with E-state index in [1.165, 1.54) is 22.8 Å². The highest BCUT2D eigenvalue weighted by Gasteiger charge is 2.30. The molecule has 0 aliphatic heterocycles. The van der Waals surface area contributed by atoms with Crippen LogP contribution >= 0.6 is 0 Å². The van der Waals surface area contributed by atoms with Gasteiger partial charge in [-0.05, 0) is 30.7 Å². The first-order chi connectivity index (χ1) is 9.32. The molecule has 0 aliphatic rings. The van der Waals surface area contributed by atoms with E-state index in [9.17, 15) is 18.0 Å². The molecule has 0 radical (unpaired) electrons. The fraction of sp³-hybridized carbons (Fsp3) is 0.214. The molecule has 1 N–H and O–H groups in total. The summed E-state index contributed by atoms with van der Waals surface area (Å²) in [6.45, 7) is 2.20. The highest BCUT2D eigenvalue weighted by Crippen LogP contribution is 2.32. The molecule has 106 valence electrons. The molecule has 1 aromatic heterocycles. The topological polar surface area (TPSA) is 42.2 Å². The third kappa shape index (κ3) is 2.68. The van der Waals surface area contributed by atoms with Gasteiger partial charge in [0.2, 0.25) is 0 Å². The average Bonchev–Trinajstić information content (AvgIpc) is 2.82. The monoisotopic (exact) mass is 283 g/mol. The van der Waals surface area contributed by atoms with E-state index < -0.39 is 17.7 Å². The zero-order valence-corrected chi connectivity index (χ0v) is 10.6. The normalized spacial score (nSPS) is 11.6. The Morgan fingerprint density at radius 1 is 1.25 bits per heavy atom. The molecule has 2 aromatic rings. The van der Waals surface area contributed by atoms with Gasteiger partial charge >= 0.3 is 12.1 Å². The van der Waals surface area contributed by atoms with Crippen molar-refractivity contribution in [1.29, 1.82) is 0 Å². The molecule has 0 aliphatic carbocycles. The van der Waals surface area contributed by atoms with Gasteiger partial charge in [-0.25, -0.2) is 4.79 Å². The minimum atomic E-state index is -4.42. The number of rotatable bonds is 3. The fourth-order valence-electron chi connectivity index (χ4n) is 1.98. The predicted molar refractivity (Wildman–Crippen MR) is 67.5 cm³/mol. The van der Waals surface area contributed by atoms with Crippen molar-refractivity contribution in [2.75, 3.05) is 0 Å². The minimum absolute atomic E-state index is 0.0555. The number of hydrogen-bond acceptors (Lipinski definition) is 1. The van der Waals surface area contributed by atoms with Crippen LogP contribution in [-0.2, 0) is 12.7 Å². The van der Waals surface area contributed by atoms with E-state index in [4.69, 9.17) is 5.11 Å². The first-order valence-electron chi connectivity index (χ1n) is 5.94. The van der Waals surface area contributed by atoms with Crippen LogP contribution in [0.1, 0.15) is 23.0 Å². The maximum absolute atomic E-state index is 12.7. The smallest absolute Gasteiger partial charge is 0.416 e. The number of hydrogen-bond donors (Lipinski definition) is 1. The number of halogens is 3. The molecule has 0 unspecified atom stereocenters. The molecular weight excluding hydrogens is 271 g/mol. The van der Waals surface area contributed by atoms with Gasteiger partial charge < -0.3 is 9.67 Å². The van der Waals surface area contributed by atoms with Crippen LogP contribution in [0.15, 0.2) is 36.5 Å². The van der Waals surface area contributed by atoms with E-state index in [2.05, 4.69) is 0 Å². The third-order valence-corrected chi connectivity index (χ3v) is 2.98. The number of carbonyl (C=O) groups is 1. The largest absolute Gasteiger partial charge is 0.477 e. The molecule has 1 heterocycles. The molecular formula is C14H12F3NO2. The summed E-state index contributed by atoms with van der Waals surface area (Å²) in [5.74, 6) is -1.11. The Morgan fingerprint density at radius 3 is 2.45 bits per heavy atom. The number of carboxylic acids is 1. The van der Waals surface area contributed by atoms with Crippen LogP contribution in [0, 0.1) is 0 Å². The maximum atomic E-state index is 12.7. The van der Waals surface area contributed by atoms with Crippen LogP contribution in [0.4, 0.5) is 13.2 Å². The Morgan fingerprint density at radius 2 is 1.95 bits per heavy atom. The van der Waals surface area contributed by atoms with Gasteiger partial charge in [-0.2, -0.15) is 13.2 Å². The zero-order valence-electron chi connectivity index (χ0n) is 10.6. The minimum Gasteiger partial charge on any atom is -0.477 e. The van der Waals surface area contributed by atoms with Crippen LogP contribution < -0.4 is 0 Å². The molecule has 6 heteroatoms. The summed E-state index contributed by atoms with van der Waals surface area (Å²) in [5, 5.41) is 9.04. The lowest BCUT2D eigenvalue weighted by atomic mass is 10.1. The number of alkyl halides is 3. The molecule has 2 rings (SSSR count). The van der Waals surface area contributed by atoms with E-state index in [0.29, 0.717) is 17.7 Å². The predicted octanol–water partition coefficient (Wildman–Crippen LogP) is 3.89. The molecule has 1 aromatic carbocycles. The van der Waals surface area contributed by atoms with Gasteiger partial charge in [-0.15, -0.1) is 0 Å². The van der Waals surface area contributed by atoms with Gasteiger partial charge in [0, 0.05) is 18.3 Å². The number of carboxylic acid groups (broad SMARTS) is 1. The Bertz CT molecular complexity index is 644. The van der Waals surface area contributed by atoms with Crippen molar-refractivity contribution < 1.29 is 23.1 Å². The zero-order chi connectivity index (χ0) is 14.9. The second-order valence-electron chi connectivity index (χ2n) is 4.28. The lowest BCUT2D eigenvalue weighted by molar-refractivity contribution is -0.137. The summed E-state index contributed by atoms with van der Waals surface area (Å²) in [6, 6.07) is 6.21. The quantitative estimate of drug-likeness (QED) is 0.928. The molecule has 0 atom stereocenters. The Kier molecular flexibility index (Phi) is 3.57. The second-order valence-corrected chi connectivity index (χ2v) is 4.28. The van der Waals surface area contributed by atoms with Gasteiger partial charge in [-0.1, -0.05) is 12.1 Å². The van der Waals surface area contributed by atoms with Crippen molar-refractivity contribution >= 4 is 5.97 Å². The summed E-state index contributed by atoms with van der Waals surface area (Å²) in [4.78, 5) is 11.1. The van der Waals surface area contributed by atoms with Crippen molar-refractivity contribution in [2.24, 2.45) is 0 Å². The summed E-state index contributed by atoms with van der Waals surface area (Å²) in [6.07, 6.45) is -2.88. The van der Waals surface area contributed by atoms with Crippen molar-refractivity contribution in [1.82, 2.24) is 4.57 Å². The van der Waals surface area contributed by atoms with Crippen LogP contribution in [-0.4, -0.2) is 15.6 Å². The van der Waals surface area contributed by atoms with Gasteiger partial charge in [0.05, 0.1) is 5.56 Å². The molecule has 0 spiro atoms. The number of benzene rings is 1. The van der Waals surface area contributed by atoms with Crippen LogP contribution in [0.5, 0.6) is 0 Å². The Labute approximate surface area is 113 Å². The van der Waals surface area contributed by atoms with E-state index in [1.807, 2.05) is 0 Å². The van der Waals surface area contributed by atoms with Crippen molar-refractivity contribution in [3.8, 4) is 11.1 Å². The maximum Gasteiger partial charge on any atom is 0.416 e. The number of aryl methyl sites for hydroxylation is 1. The molecule has 0 bridgehead atoms. The standard InChI is InChI=1S/C14H12F3NO2/c1-2-18-8-10(7-12(18)13(19)20)9-4-3-5-11(6-9)14(15,16)17/h3-8H,2H2,1H3,(H,19,20).